The summed E-state index contributed by atoms with van der Waals surface area (Å²) in [5, 5.41) is 7.64. The molecule has 2 amide bonds. The van der Waals surface area contributed by atoms with Crippen LogP contribution < -0.4 is 5.32 Å². The van der Waals surface area contributed by atoms with E-state index in [0.29, 0.717) is 43.3 Å². The van der Waals surface area contributed by atoms with E-state index < -0.39 is 0 Å². The first-order chi connectivity index (χ1) is 12.5. The van der Waals surface area contributed by atoms with Crippen LogP contribution in [-0.4, -0.2) is 51.1 Å². The Kier molecular flexibility index (Phi) is 7.15. The number of hydrogen-bond donors (Lipinski definition) is 1. The second-order valence-corrected chi connectivity index (χ2v) is 6.23. The molecule has 0 aliphatic rings. The number of carbonyl (C=O) groups excluding carboxylic acids is 2. The fourth-order valence-electron chi connectivity index (χ4n) is 2.57. The first-order valence-electron chi connectivity index (χ1n) is 8.71. The van der Waals surface area contributed by atoms with Crippen LogP contribution in [0.1, 0.15) is 43.1 Å². The van der Waals surface area contributed by atoms with Crippen molar-refractivity contribution in [2.24, 2.45) is 0 Å². The molecule has 26 heavy (non-hydrogen) atoms. The Balaban J connectivity index is 1.89. The van der Waals surface area contributed by atoms with Crippen molar-refractivity contribution in [2.75, 3.05) is 19.6 Å². The molecule has 0 unspecified atom stereocenters. The molecule has 140 valence electrons. The van der Waals surface area contributed by atoms with Gasteiger partial charge in [0.05, 0.1) is 5.69 Å². The van der Waals surface area contributed by atoms with Crippen molar-refractivity contribution >= 4 is 23.4 Å². The van der Waals surface area contributed by atoms with Gasteiger partial charge in [-0.2, -0.15) is 0 Å². The molecule has 0 saturated heterocycles. The van der Waals surface area contributed by atoms with Crippen molar-refractivity contribution in [3.05, 3.63) is 40.9 Å². The summed E-state index contributed by atoms with van der Waals surface area (Å²) in [4.78, 5) is 30.1. The molecule has 8 heteroatoms. The summed E-state index contributed by atoms with van der Waals surface area (Å²) in [5.74, 6) is 0.461. The second-order valence-electron chi connectivity index (χ2n) is 5.80. The maximum absolute atomic E-state index is 12.2. The summed E-state index contributed by atoms with van der Waals surface area (Å²) in [7, 11) is 0. The van der Waals surface area contributed by atoms with Crippen LogP contribution in [0.3, 0.4) is 0 Å². The number of carbonyl (C=O) groups is 2. The molecule has 1 aromatic carbocycles. The number of amides is 2. The highest BCUT2D eigenvalue weighted by Gasteiger charge is 2.15. The van der Waals surface area contributed by atoms with E-state index in [0.717, 1.165) is 5.69 Å². The number of rotatable bonds is 8. The van der Waals surface area contributed by atoms with Crippen molar-refractivity contribution < 1.29 is 9.59 Å². The minimum Gasteiger partial charge on any atom is -0.349 e. The van der Waals surface area contributed by atoms with Crippen LogP contribution in [0.25, 0.3) is 5.69 Å². The number of aryl methyl sites for hydroxylation is 1. The zero-order valence-electron chi connectivity index (χ0n) is 15.3. The topological polar surface area (TPSA) is 80.1 Å². The highest BCUT2D eigenvalue weighted by atomic mass is 35.5. The molecular weight excluding hydrogens is 354 g/mol. The molecule has 0 bridgehead atoms. The van der Waals surface area contributed by atoms with E-state index >= 15 is 0 Å². The van der Waals surface area contributed by atoms with Crippen LogP contribution in [0.2, 0.25) is 5.02 Å². The molecule has 0 radical (unpaired) electrons. The first-order valence-corrected chi connectivity index (χ1v) is 9.09. The monoisotopic (exact) mass is 377 g/mol. The van der Waals surface area contributed by atoms with Crippen molar-refractivity contribution in [1.82, 2.24) is 25.0 Å². The third kappa shape index (κ3) is 5.05. The van der Waals surface area contributed by atoms with E-state index in [9.17, 15) is 9.59 Å². The Hall–Kier alpha value is -2.41. The Morgan fingerprint density at radius 1 is 1.19 bits per heavy atom. The van der Waals surface area contributed by atoms with Gasteiger partial charge in [0.15, 0.2) is 0 Å². The van der Waals surface area contributed by atoms with Crippen molar-refractivity contribution in [1.29, 1.82) is 0 Å². The van der Waals surface area contributed by atoms with Gasteiger partial charge in [0, 0.05) is 31.1 Å². The Labute approximate surface area is 158 Å². The van der Waals surface area contributed by atoms with Crippen LogP contribution in [0, 0.1) is 6.92 Å². The lowest BCUT2D eigenvalue weighted by atomic mass is 10.2. The van der Waals surface area contributed by atoms with E-state index in [1.165, 1.54) is 0 Å². The summed E-state index contributed by atoms with van der Waals surface area (Å²) in [6.07, 6.45) is 0.992. The van der Waals surface area contributed by atoms with E-state index in [1.54, 1.807) is 28.6 Å². The van der Waals surface area contributed by atoms with E-state index in [4.69, 9.17) is 11.6 Å². The van der Waals surface area contributed by atoms with Crippen LogP contribution in [-0.2, 0) is 4.79 Å². The fraction of sp³-hybridized carbons (Fsp3) is 0.444. The number of nitrogens with one attached hydrogen (secondary N) is 1. The zero-order chi connectivity index (χ0) is 19.1. The smallest absolute Gasteiger partial charge is 0.290 e. The van der Waals surface area contributed by atoms with Gasteiger partial charge in [-0.05, 0) is 51.5 Å². The minimum absolute atomic E-state index is 0.102. The second kappa shape index (κ2) is 9.33. The van der Waals surface area contributed by atoms with Gasteiger partial charge in [0.1, 0.15) is 5.82 Å². The van der Waals surface area contributed by atoms with Crippen LogP contribution >= 0.6 is 11.6 Å². The number of halogens is 1. The molecule has 2 rings (SSSR count). The van der Waals surface area contributed by atoms with Gasteiger partial charge in [0.2, 0.25) is 11.7 Å². The third-order valence-corrected chi connectivity index (χ3v) is 4.26. The number of benzene rings is 1. The van der Waals surface area contributed by atoms with Gasteiger partial charge in [-0.25, -0.2) is 9.67 Å². The SMILES string of the molecule is CCN(CC)C(=O)CCCNC(=O)c1nc(C)n(-c2ccc(Cl)cc2)n1. The Morgan fingerprint density at radius 3 is 2.46 bits per heavy atom. The fourth-order valence-corrected chi connectivity index (χ4v) is 2.69. The molecule has 2 aromatic rings. The average Bonchev–Trinajstić information content (AvgIpc) is 3.02. The van der Waals surface area contributed by atoms with E-state index in [1.807, 2.05) is 26.0 Å². The van der Waals surface area contributed by atoms with Gasteiger partial charge in [0.25, 0.3) is 5.91 Å². The predicted molar refractivity (Wildman–Crippen MR) is 101 cm³/mol. The summed E-state index contributed by atoms with van der Waals surface area (Å²) < 4.78 is 1.59. The summed E-state index contributed by atoms with van der Waals surface area (Å²) in [6.45, 7) is 7.49. The quantitative estimate of drug-likeness (QED) is 0.717. The maximum Gasteiger partial charge on any atom is 0.290 e. The molecule has 7 nitrogen and oxygen atoms in total. The molecule has 0 atom stereocenters. The lowest BCUT2D eigenvalue weighted by molar-refractivity contribution is -0.130. The average molecular weight is 378 g/mol. The standard InChI is InChI=1S/C18H24ClN5O2/c1-4-23(5-2)16(25)7-6-12-20-18(26)17-21-13(3)24(22-17)15-10-8-14(19)9-11-15/h8-11H,4-7,12H2,1-3H3,(H,20,26). The predicted octanol–water partition coefficient (Wildman–Crippen LogP) is 2.61. The third-order valence-electron chi connectivity index (χ3n) is 4.01. The van der Waals surface area contributed by atoms with Crippen molar-refractivity contribution in [3.63, 3.8) is 0 Å². The normalized spacial score (nSPS) is 10.6. The molecule has 0 saturated carbocycles. The highest BCUT2D eigenvalue weighted by Crippen LogP contribution is 2.14. The van der Waals surface area contributed by atoms with Crippen LogP contribution in [0.5, 0.6) is 0 Å². The molecule has 0 spiro atoms. The first kappa shape index (κ1) is 19.9. The summed E-state index contributed by atoms with van der Waals surface area (Å²) >= 11 is 5.89. The molecule has 1 heterocycles. The van der Waals surface area contributed by atoms with Gasteiger partial charge < -0.3 is 10.2 Å². The van der Waals surface area contributed by atoms with Crippen LogP contribution in [0.15, 0.2) is 24.3 Å². The minimum atomic E-state index is -0.351. The number of aromatic nitrogens is 3. The number of hydrogen-bond acceptors (Lipinski definition) is 4. The van der Waals surface area contributed by atoms with Crippen LogP contribution in [0.4, 0.5) is 0 Å². The number of nitrogens with zero attached hydrogens (tertiary/aromatic N) is 4. The van der Waals surface area contributed by atoms with Gasteiger partial charge in [-0.15, -0.1) is 5.10 Å². The van der Waals surface area contributed by atoms with Gasteiger partial charge in [-0.3, -0.25) is 9.59 Å². The lowest BCUT2D eigenvalue weighted by Crippen LogP contribution is -2.31. The largest absolute Gasteiger partial charge is 0.349 e. The molecule has 1 N–H and O–H groups in total. The summed E-state index contributed by atoms with van der Waals surface area (Å²) in [6, 6.07) is 7.13. The van der Waals surface area contributed by atoms with E-state index in [-0.39, 0.29) is 17.6 Å². The van der Waals surface area contributed by atoms with Crippen molar-refractivity contribution in [3.8, 4) is 5.69 Å². The van der Waals surface area contributed by atoms with Gasteiger partial charge in [-0.1, -0.05) is 11.6 Å². The lowest BCUT2D eigenvalue weighted by Gasteiger charge is -2.18. The molecule has 1 aromatic heterocycles. The summed E-state index contributed by atoms with van der Waals surface area (Å²) in [5.41, 5.74) is 0.781. The molecule has 0 aliphatic heterocycles. The Bertz CT molecular complexity index is 753. The molecular formula is C18H24ClN5O2. The van der Waals surface area contributed by atoms with Crippen molar-refractivity contribution in [2.45, 2.75) is 33.6 Å². The highest BCUT2D eigenvalue weighted by molar-refractivity contribution is 6.30. The zero-order valence-corrected chi connectivity index (χ0v) is 16.1. The molecule has 0 fully saturated rings. The maximum atomic E-state index is 12.2. The molecule has 0 aliphatic carbocycles. The Morgan fingerprint density at radius 2 is 1.85 bits per heavy atom. The van der Waals surface area contributed by atoms with Gasteiger partial charge >= 0.3 is 0 Å². The van der Waals surface area contributed by atoms with E-state index in [2.05, 4.69) is 15.4 Å².